The number of hydrogen-bond donors (Lipinski definition) is 2. The maximum absolute atomic E-state index is 11.0. The molecule has 4 atom stereocenters. The van der Waals surface area contributed by atoms with Crippen LogP contribution in [0.4, 0.5) is 0 Å². The van der Waals surface area contributed by atoms with E-state index in [9.17, 15) is 9.90 Å². The van der Waals surface area contributed by atoms with Crippen molar-refractivity contribution in [2.45, 2.75) is 44.8 Å². The average Bonchev–Trinajstić information content (AvgIpc) is 2.21. The summed E-state index contributed by atoms with van der Waals surface area (Å²) in [5.41, 5.74) is 0. The van der Waals surface area contributed by atoms with E-state index < -0.39 is 12.4 Å². The molecule has 0 spiro atoms. The number of amides is 1. The zero-order valence-electron chi connectivity index (χ0n) is 9.68. The molecule has 1 fully saturated rings. The summed E-state index contributed by atoms with van der Waals surface area (Å²) in [4.78, 5) is 11.0. The highest BCUT2D eigenvalue weighted by molar-refractivity contribution is 5.73. The summed E-state index contributed by atoms with van der Waals surface area (Å²) in [6.07, 6.45) is 0.604. The summed E-state index contributed by atoms with van der Waals surface area (Å²) in [6, 6.07) is -0.323. The molecule has 0 aromatic rings. The van der Waals surface area contributed by atoms with Crippen molar-refractivity contribution in [3.63, 3.8) is 0 Å². The summed E-state index contributed by atoms with van der Waals surface area (Å²) in [7, 11) is 0. The first-order valence-electron chi connectivity index (χ1n) is 5.37. The number of nitrogens with one attached hydrogen (secondary N) is 1. The van der Waals surface area contributed by atoms with Gasteiger partial charge in [0.25, 0.3) is 0 Å². The Morgan fingerprint density at radius 2 is 2.44 bits per heavy atom. The molecule has 0 aromatic carbocycles. The van der Waals surface area contributed by atoms with Gasteiger partial charge in [-0.25, -0.2) is 0 Å². The van der Waals surface area contributed by atoms with Crippen molar-refractivity contribution in [1.29, 1.82) is 0 Å². The number of aliphatic hydroxyl groups excluding tert-OH is 1. The van der Waals surface area contributed by atoms with E-state index in [1.165, 1.54) is 6.92 Å². The average molecular weight is 229 g/mol. The van der Waals surface area contributed by atoms with Crippen molar-refractivity contribution in [2.24, 2.45) is 0 Å². The third kappa shape index (κ3) is 3.59. The van der Waals surface area contributed by atoms with Crippen LogP contribution in [0.25, 0.3) is 0 Å². The van der Waals surface area contributed by atoms with Crippen LogP contribution in [0.15, 0.2) is 12.7 Å². The summed E-state index contributed by atoms with van der Waals surface area (Å²) < 4.78 is 10.8. The molecule has 5 heteroatoms. The van der Waals surface area contributed by atoms with E-state index in [-0.39, 0.29) is 18.1 Å². The summed E-state index contributed by atoms with van der Waals surface area (Å²) in [5, 5.41) is 12.5. The fraction of sp³-hybridized carbons (Fsp3) is 0.727. The molecule has 1 amide bonds. The Bertz CT molecular complexity index is 256. The Balaban J connectivity index is 2.54. The minimum absolute atomic E-state index is 0.166. The molecule has 1 rings (SSSR count). The van der Waals surface area contributed by atoms with Crippen LogP contribution in [0.1, 0.15) is 20.3 Å². The molecule has 0 bridgehead atoms. The van der Waals surface area contributed by atoms with Gasteiger partial charge >= 0.3 is 0 Å². The van der Waals surface area contributed by atoms with Crippen LogP contribution in [0.2, 0.25) is 0 Å². The van der Waals surface area contributed by atoms with Crippen LogP contribution in [-0.4, -0.2) is 42.2 Å². The van der Waals surface area contributed by atoms with Gasteiger partial charge in [0.05, 0.1) is 18.8 Å². The van der Waals surface area contributed by atoms with Crippen LogP contribution in [0.3, 0.4) is 0 Å². The molecular formula is C11H19NO4. The summed E-state index contributed by atoms with van der Waals surface area (Å²) in [5.74, 6) is -0.166. The van der Waals surface area contributed by atoms with Gasteiger partial charge in [0, 0.05) is 13.3 Å². The number of carbonyl (C=O) groups is 1. The second-order valence-corrected chi connectivity index (χ2v) is 3.93. The smallest absolute Gasteiger partial charge is 0.217 e. The Morgan fingerprint density at radius 3 is 3.00 bits per heavy atom. The van der Waals surface area contributed by atoms with Gasteiger partial charge in [-0.1, -0.05) is 6.08 Å². The Hall–Kier alpha value is -0.910. The van der Waals surface area contributed by atoms with Crippen LogP contribution >= 0.6 is 0 Å². The molecular weight excluding hydrogens is 210 g/mol. The van der Waals surface area contributed by atoms with Crippen molar-refractivity contribution in [3.8, 4) is 0 Å². The maximum atomic E-state index is 11.0. The molecule has 16 heavy (non-hydrogen) atoms. The monoisotopic (exact) mass is 229 g/mol. The molecule has 5 nitrogen and oxygen atoms in total. The van der Waals surface area contributed by atoms with Gasteiger partial charge in [-0.15, -0.1) is 6.58 Å². The largest absolute Gasteiger partial charge is 0.388 e. The lowest BCUT2D eigenvalue weighted by Crippen LogP contribution is -2.54. The molecule has 0 aromatic heterocycles. The molecule has 0 unspecified atom stereocenters. The third-order valence-electron chi connectivity index (χ3n) is 2.49. The van der Waals surface area contributed by atoms with Gasteiger partial charge in [-0.2, -0.15) is 0 Å². The molecule has 0 radical (unpaired) electrons. The predicted octanol–water partition coefficient (Wildman–Crippen LogP) is 0.189. The fourth-order valence-corrected chi connectivity index (χ4v) is 1.74. The van der Waals surface area contributed by atoms with E-state index in [2.05, 4.69) is 11.9 Å². The van der Waals surface area contributed by atoms with Gasteiger partial charge in [0.2, 0.25) is 5.91 Å². The number of carbonyl (C=O) groups excluding carboxylic acids is 1. The number of hydrogen-bond acceptors (Lipinski definition) is 4. The zero-order valence-corrected chi connectivity index (χ0v) is 9.68. The molecule has 1 aliphatic heterocycles. The van der Waals surface area contributed by atoms with Crippen LogP contribution in [-0.2, 0) is 14.3 Å². The topological polar surface area (TPSA) is 67.8 Å². The first kappa shape index (κ1) is 13.2. The van der Waals surface area contributed by atoms with Crippen molar-refractivity contribution in [3.05, 3.63) is 12.7 Å². The van der Waals surface area contributed by atoms with Crippen LogP contribution < -0.4 is 5.32 Å². The SMILES string of the molecule is C=CCO[C@H]1C[C@H](NC(C)=O)[C@H](O)[C@H](C)O1. The molecule has 0 saturated carbocycles. The second kappa shape index (κ2) is 5.98. The molecule has 0 aliphatic carbocycles. The highest BCUT2D eigenvalue weighted by Crippen LogP contribution is 2.21. The fourth-order valence-electron chi connectivity index (χ4n) is 1.74. The van der Waals surface area contributed by atoms with Crippen LogP contribution in [0, 0.1) is 0 Å². The summed E-state index contributed by atoms with van der Waals surface area (Å²) >= 11 is 0. The quantitative estimate of drug-likeness (QED) is 0.675. The minimum atomic E-state index is -0.701. The normalized spacial score (nSPS) is 34.4. The Kier molecular flexibility index (Phi) is 4.92. The van der Waals surface area contributed by atoms with E-state index >= 15 is 0 Å². The van der Waals surface area contributed by atoms with E-state index in [1.54, 1.807) is 13.0 Å². The van der Waals surface area contributed by atoms with Gasteiger partial charge in [-0.05, 0) is 6.92 Å². The van der Waals surface area contributed by atoms with Crippen LogP contribution in [0.5, 0.6) is 0 Å². The van der Waals surface area contributed by atoms with E-state index in [0.29, 0.717) is 13.0 Å². The predicted molar refractivity (Wildman–Crippen MR) is 58.7 cm³/mol. The maximum Gasteiger partial charge on any atom is 0.217 e. The van der Waals surface area contributed by atoms with Crippen molar-refractivity contribution < 1.29 is 19.4 Å². The van der Waals surface area contributed by atoms with Gasteiger partial charge in [0.15, 0.2) is 6.29 Å². The second-order valence-electron chi connectivity index (χ2n) is 3.93. The van der Waals surface area contributed by atoms with Gasteiger partial charge in [0.1, 0.15) is 6.10 Å². The first-order valence-corrected chi connectivity index (χ1v) is 5.37. The number of ether oxygens (including phenoxy) is 2. The van der Waals surface area contributed by atoms with E-state index in [4.69, 9.17) is 9.47 Å². The molecule has 1 aliphatic rings. The van der Waals surface area contributed by atoms with E-state index in [0.717, 1.165) is 0 Å². The highest BCUT2D eigenvalue weighted by atomic mass is 16.7. The molecule has 92 valence electrons. The lowest BCUT2D eigenvalue weighted by Gasteiger charge is -2.37. The molecule has 1 saturated heterocycles. The Morgan fingerprint density at radius 1 is 1.75 bits per heavy atom. The minimum Gasteiger partial charge on any atom is -0.388 e. The lowest BCUT2D eigenvalue weighted by molar-refractivity contribution is -0.221. The van der Waals surface area contributed by atoms with Gasteiger partial charge < -0.3 is 19.9 Å². The first-order chi connectivity index (χ1) is 7.54. The Labute approximate surface area is 95.4 Å². The van der Waals surface area contributed by atoms with E-state index in [1.807, 2.05) is 0 Å². The molecule has 1 heterocycles. The number of rotatable bonds is 4. The molecule has 2 N–H and O–H groups in total. The standard InChI is InChI=1S/C11H19NO4/c1-4-5-15-10-6-9(12-8(3)13)11(14)7(2)16-10/h4,7,9-11,14H,1,5-6H2,2-3H3,(H,12,13)/t7-,9-,10+,11+/m0/s1. The zero-order chi connectivity index (χ0) is 12.1. The van der Waals surface area contributed by atoms with Gasteiger partial charge in [-0.3, -0.25) is 4.79 Å². The summed E-state index contributed by atoms with van der Waals surface area (Å²) in [6.45, 7) is 7.11. The van der Waals surface area contributed by atoms with Crippen molar-refractivity contribution in [2.75, 3.05) is 6.61 Å². The lowest BCUT2D eigenvalue weighted by atomic mass is 9.99. The van der Waals surface area contributed by atoms with Crippen molar-refractivity contribution >= 4 is 5.91 Å². The third-order valence-corrected chi connectivity index (χ3v) is 2.49. The highest BCUT2D eigenvalue weighted by Gasteiger charge is 2.35. The number of aliphatic hydroxyl groups is 1. The van der Waals surface area contributed by atoms with Crippen molar-refractivity contribution in [1.82, 2.24) is 5.32 Å².